The van der Waals surface area contributed by atoms with Crippen molar-refractivity contribution >= 4 is 17.3 Å². The molecular weight excluding hydrogens is 298 g/mol. The Kier molecular flexibility index (Phi) is 5.44. The largest absolute Gasteiger partial charge is 0.367 e. The summed E-state index contributed by atoms with van der Waals surface area (Å²) in [6, 6.07) is 8.39. The Balaban J connectivity index is 1.77. The number of rotatable bonds is 5. The fraction of sp³-hybridized carbons (Fsp3) is 0.650. The number of likely N-dealkylation sites (N-methyl/N-ethyl adjacent to an activating group) is 1. The van der Waals surface area contributed by atoms with E-state index in [1.165, 1.54) is 31.4 Å². The number of anilines is 2. The highest BCUT2D eigenvalue weighted by molar-refractivity contribution is 5.99. The van der Waals surface area contributed by atoms with Gasteiger partial charge in [-0.25, -0.2) is 0 Å². The van der Waals surface area contributed by atoms with Gasteiger partial charge in [-0.15, -0.1) is 0 Å². The van der Waals surface area contributed by atoms with Crippen LogP contribution in [0.4, 0.5) is 11.4 Å². The van der Waals surface area contributed by atoms with Crippen molar-refractivity contribution in [2.24, 2.45) is 11.8 Å². The highest BCUT2D eigenvalue weighted by Gasteiger charge is 2.33. The standard InChI is InChI=1S/C20H31N3O/c1-16(17-8-4-5-9-17)20(24)23-15-14-22(13-12-21(2)3)18-10-6-7-11-19(18)23/h6-7,10-11,16-17H,4-5,8-9,12-15H2,1-3H3. The lowest BCUT2D eigenvalue weighted by atomic mass is 9.91. The molecule has 0 bridgehead atoms. The number of nitrogens with zero attached hydrogens (tertiary/aromatic N) is 3. The first-order chi connectivity index (χ1) is 11.6. The fourth-order valence-corrected chi connectivity index (χ4v) is 4.11. The van der Waals surface area contributed by atoms with Crippen molar-refractivity contribution in [3.8, 4) is 0 Å². The zero-order chi connectivity index (χ0) is 17.1. The molecule has 1 amide bonds. The van der Waals surface area contributed by atoms with Gasteiger partial charge in [0.05, 0.1) is 11.4 Å². The van der Waals surface area contributed by atoms with Crippen LogP contribution in [0.5, 0.6) is 0 Å². The predicted molar refractivity (Wildman–Crippen MR) is 101 cm³/mol. The van der Waals surface area contributed by atoms with E-state index in [-0.39, 0.29) is 5.92 Å². The molecule has 1 fully saturated rings. The second kappa shape index (κ2) is 7.56. The summed E-state index contributed by atoms with van der Waals surface area (Å²) in [5.41, 5.74) is 2.30. The molecule has 1 aliphatic heterocycles. The van der Waals surface area contributed by atoms with Gasteiger partial charge in [0.15, 0.2) is 0 Å². The summed E-state index contributed by atoms with van der Waals surface area (Å²) in [6.45, 7) is 5.90. The number of carbonyl (C=O) groups excluding carboxylic acids is 1. The molecule has 1 atom stereocenters. The summed E-state index contributed by atoms with van der Waals surface area (Å²) in [5.74, 6) is 1.05. The molecule has 1 unspecified atom stereocenters. The molecule has 1 heterocycles. The average Bonchev–Trinajstić information content (AvgIpc) is 3.12. The minimum absolute atomic E-state index is 0.147. The number of hydrogen-bond donors (Lipinski definition) is 0. The molecule has 4 nitrogen and oxygen atoms in total. The summed E-state index contributed by atoms with van der Waals surface area (Å²) >= 11 is 0. The maximum Gasteiger partial charge on any atom is 0.230 e. The van der Waals surface area contributed by atoms with Crippen LogP contribution in [0.2, 0.25) is 0 Å². The first-order valence-electron chi connectivity index (χ1n) is 9.38. The first-order valence-corrected chi connectivity index (χ1v) is 9.38. The van der Waals surface area contributed by atoms with Gasteiger partial charge in [-0.1, -0.05) is 31.9 Å². The Morgan fingerprint density at radius 2 is 1.83 bits per heavy atom. The highest BCUT2D eigenvalue weighted by atomic mass is 16.2. The van der Waals surface area contributed by atoms with Crippen LogP contribution in [-0.4, -0.2) is 51.1 Å². The Labute approximate surface area is 146 Å². The van der Waals surface area contributed by atoms with Gasteiger partial charge in [-0.2, -0.15) is 0 Å². The first kappa shape index (κ1) is 17.3. The van der Waals surface area contributed by atoms with E-state index in [0.29, 0.717) is 11.8 Å². The van der Waals surface area contributed by atoms with Crippen molar-refractivity contribution in [3.05, 3.63) is 24.3 Å². The van der Waals surface area contributed by atoms with Gasteiger partial charge in [0.2, 0.25) is 5.91 Å². The molecule has 1 aliphatic carbocycles. The van der Waals surface area contributed by atoms with E-state index in [0.717, 1.165) is 31.9 Å². The van der Waals surface area contributed by atoms with Gasteiger partial charge in [-0.3, -0.25) is 4.79 Å². The lowest BCUT2D eigenvalue weighted by molar-refractivity contribution is -0.123. The molecule has 1 aromatic rings. The lowest BCUT2D eigenvalue weighted by Gasteiger charge is -2.39. The van der Waals surface area contributed by atoms with Crippen molar-refractivity contribution < 1.29 is 4.79 Å². The maximum absolute atomic E-state index is 13.1. The van der Waals surface area contributed by atoms with E-state index in [9.17, 15) is 4.79 Å². The van der Waals surface area contributed by atoms with Gasteiger partial charge >= 0.3 is 0 Å². The second-order valence-corrected chi connectivity index (χ2v) is 7.60. The average molecular weight is 329 g/mol. The van der Waals surface area contributed by atoms with E-state index >= 15 is 0 Å². The molecule has 0 spiro atoms. The molecule has 3 rings (SSSR count). The molecule has 0 aromatic heterocycles. The Morgan fingerprint density at radius 3 is 2.50 bits per heavy atom. The van der Waals surface area contributed by atoms with Crippen LogP contribution in [-0.2, 0) is 4.79 Å². The minimum Gasteiger partial charge on any atom is -0.367 e. The van der Waals surface area contributed by atoms with E-state index < -0.39 is 0 Å². The molecule has 0 radical (unpaired) electrons. The quantitative estimate of drug-likeness (QED) is 0.830. The van der Waals surface area contributed by atoms with Gasteiger partial charge in [0.25, 0.3) is 0 Å². The highest BCUT2D eigenvalue weighted by Crippen LogP contribution is 2.37. The van der Waals surface area contributed by atoms with Crippen LogP contribution < -0.4 is 9.80 Å². The Bertz CT molecular complexity index is 566. The van der Waals surface area contributed by atoms with E-state index in [1.807, 2.05) is 4.90 Å². The number of carbonyl (C=O) groups is 1. The van der Waals surface area contributed by atoms with Crippen LogP contribution in [0.1, 0.15) is 32.6 Å². The molecule has 132 valence electrons. The third-order valence-corrected chi connectivity index (χ3v) is 5.69. The van der Waals surface area contributed by atoms with Gasteiger partial charge in [-0.05, 0) is 45.0 Å². The third kappa shape index (κ3) is 3.59. The van der Waals surface area contributed by atoms with Gasteiger partial charge in [0, 0.05) is 32.1 Å². The third-order valence-electron chi connectivity index (χ3n) is 5.69. The number of amides is 1. The summed E-state index contributed by atoms with van der Waals surface area (Å²) in [7, 11) is 4.21. The summed E-state index contributed by atoms with van der Waals surface area (Å²) in [4.78, 5) is 19.8. The van der Waals surface area contributed by atoms with E-state index in [2.05, 4.69) is 55.1 Å². The molecule has 0 N–H and O–H groups in total. The van der Waals surface area contributed by atoms with Gasteiger partial charge in [0.1, 0.15) is 0 Å². The van der Waals surface area contributed by atoms with Crippen molar-refractivity contribution in [1.29, 1.82) is 0 Å². The maximum atomic E-state index is 13.1. The topological polar surface area (TPSA) is 26.8 Å². The van der Waals surface area contributed by atoms with Crippen LogP contribution >= 0.6 is 0 Å². The van der Waals surface area contributed by atoms with Gasteiger partial charge < -0.3 is 14.7 Å². The smallest absolute Gasteiger partial charge is 0.230 e. The molecule has 24 heavy (non-hydrogen) atoms. The SMILES string of the molecule is CC(C(=O)N1CCN(CCN(C)C)c2ccccc21)C1CCCC1. The lowest BCUT2D eigenvalue weighted by Crippen LogP contribution is -2.48. The van der Waals surface area contributed by atoms with Crippen molar-refractivity contribution in [1.82, 2.24) is 4.90 Å². The molecule has 0 saturated heterocycles. The van der Waals surface area contributed by atoms with Crippen LogP contribution in [0, 0.1) is 11.8 Å². The number of fused-ring (bicyclic) bond motifs is 1. The molecule has 1 saturated carbocycles. The predicted octanol–water partition coefficient (Wildman–Crippen LogP) is 3.23. The van der Waals surface area contributed by atoms with E-state index in [1.54, 1.807) is 0 Å². The zero-order valence-corrected chi connectivity index (χ0v) is 15.4. The summed E-state index contributed by atoms with van der Waals surface area (Å²) < 4.78 is 0. The van der Waals surface area contributed by atoms with Crippen molar-refractivity contribution in [2.75, 3.05) is 50.1 Å². The summed E-state index contributed by atoms with van der Waals surface area (Å²) in [6.07, 6.45) is 5.02. The monoisotopic (exact) mass is 329 g/mol. The molecular formula is C20H31N3O. The van der Waals surface area contributed by atoms with E-state index in [4.69, 9.17) is 0 Å². The van der Waals surface area contributed by atoms with Crippen LogP contribution in [0.25, 0.3) is 0 Å². The second-order valence-electron chi connectivity index (χ2n) is 7.60. The normalized spacial score (nSPS) is 19.7. The zero-order valence-electron chi connectivity index (χ0n) is 15.4. The molecule has 1 aromatic carbocycles. The molecule has 2 aliphatic rings. The number of hydrogen-bond acceptors (Lipinski definition) is 3. The Hall–Kier alpha value is -1.55. The van der Waals surface area contributed by atoms with Crippen LogP contribution in [0.3, 0.4) is 0 Å². The minimum atomic E-state index is 0.147. The van der Waals surface area contributed by atoms with Crippen molar-refractivity contribution in [3.63, 3.8) is 0 Å². The number of benzene rings is 1. The Morgan fingerprint density at radius 1 is 1.17 bits per heavy atom. The fourth-order valence-electron chi connectivity index (χ4n) is 4.11. The summed E-state index contributed by atoms with van der Waals surface area (Å²) in [5, 5.41) is 0. The molecule has 4 heteroatoms. The van der Waals surface area contributed by atoms with Crippen LogP contribution in [0.15, 0.2) is 24.3 Å². The number of para-hydroxylation sites is 2. The van der Waals surface area contributed by atoms with Crippen molar-refractivity contribution in [2.45, 2.75) is 32.6 Å².